The van der Waals surface area contributed by atoms with E-state index >= 15 is 0 Å². The molecule has 0 saturated heterocycles. The molecule has 12 heavy (non-hydrogen) atoms. The quantitative estimate of drug-likeness (QED) is 0.491. The Labute approximate surface area is 72.3 Å². The molecule has 0 aromatic rings. The van der Waals surface area contributed by atoms with E-state index in [0.717, 1.165) is 6.26 Å². The number of carbonyl (C=O) groups is 1. The van der Waals surface area contributed by atoms with Crippen LogP contribution in [-0.2, 0) is 19.1 Å². The number of hydrogen-bond donors (Lipinski definition) is 0. The summed E-state index contributed by atoms with van der Waals surface area (Å²) in [4.78, 5) is 10.9. The van der Waals surface area contributed by atoms with Crippen molar-refractivity contribution in [2.24, 2.45) is 0 Å². The number of allylic oxidation sites excluding steroid dienone is 1. The van der Waals surface area contributed by atoms with Gasteiger partial charge < -0.3 is 4.18 Å². The molecule has 0 radical (unpaired) electrons. The van der Waals surface area contributed by atoms with Crippen molar-refractivity contribution < 1.29 is 17.4 Å². The lowest BCUT2D eigenvalue weighted by molar-refractivity contribution is -0.129. The normalized spacial score (nSPS) is 12.8. The average Bonchev–Trinajstić information content (AvgIpc) is 1.84. The zero-order chi connectivity index (χ0) is 9.78. The molecule has 4 nitrogen and oxygen atoms in total. The average molecular weight is 192 g/mol. The van der Waals surface area contributed by atoms with Gasteiger partial charge in [0.2, 0.25) is 0 Å². The maximum atomic E-state index is 10.9. The molecule has 0 saturated carbocycles. The van der Waals surface area contributed by atoms with Crippen LogP contribution >= 0.6 is 0 Å². The number of carbonyl (C=O) groups excluding carboxylic acids is 1. The molecule has 0 bridgehead atoms. The van der Waals surface area contributed by atoms with E-state index in [1.165, 1.54) is 6.92 Å². The highest BCUT2D eigenvalue weighted by Gasteiger charge is 2.11. The van der Waals surface area contributed by atoms with E-state index in [4.69, 9.17) is 0 Å². The lowest BCUT2D eigenvalue weighted by atomic mass is 10.2. The molecule has 70 valence electrons. The van der Waals surface area contributed by atoms with Gasteiger partial charge in [0, 0.05) is 5.57 Å². The number of hydrogen-bond acceptors (Lipinski definition) is 4. The zero-order valence-corrected chi connectivity index (χ0v) is 8.14. The van der Waals surface area contributed by atoms with Crippen molar-refractivity contribution in [3.05, 3.63) is 11.6 Å². The zero-order valence-electron chi connectivity index (χ0n) is 7.33. The summed E-state index contributed by atoms with van der Waals surface area (Å²) in [6, 6.07) is 0. The van der Waals surface area contributed by atoms with E-state index in [9.17, 15) is 13.2 Å². The molecule has 0 unspecified atom stereocenters. The van der Waals surface area contributed by atoms with E-state index in [1.807, 2.05) is 6.92 Å². The minimum atomic E-state index is -3.68. The van der Waals surface area contributed by atoms with Crippen molar-refractivity contribution in [1.29, 1.82) is 0 Å². The highest BCUT2D eigenvalue weighted by Crippen LogP contribution is 2.00. The third-order valence-corrected chi connectivity index (χ3v) is 1.51. The SMILES string of the molecule is CCC=C(C)C(=O)OS(C)(=O)=O. The predicted molar refractivity (Wildman–Crippen MR) is 45.0 cm³/mol. The van der Waals surface area contributed by atoms with Crippen LogP contribution < -0.4 is 0 Å². The Morgan fingerprint density at radius 2 is 2.00 bits per heavy atom. The summed E-state index contributed by atoms with van der Waals surface area (Å²) in [5.74, 6) is -0.806. The summed E-state index contributed by atoms with van der Waals surface area (Å²) in [6.45, 7) is 3.36. The lowest BCUT2D eigenvalue weighted by Gasteiger charge is -1.99. The topological polar surface area (TPSA) is 60.4 Å². The Kier molecular flexibility index (Phi) is 3.95. The van der Waals surface area contributed by atoms with E-state index < -0.39 is 16.1 Å². The molecule has 0 amide bonds. The fourth-order valence-electron chi connectivity index (χ4n) is 0.593. The predicted octanol–water partition coefficient (Wildman–Crippen LogP) is 0.846. The summed E-state index contributed by atoms with van der Waals surface area (Å²) in [7, 11) is -3.68. The molecule has 0 spiro atoms. The van der Waals surface area contributed by atoms with Crippen molar-refractivity contribution in [3.8, 4) is 0 Å². The highest BCUT2D eigenvalue weighted by atomic mass is 32.2. The van der Waals surface area contributed by atoms with Gasteiger partial charge in [0.15, 0.2) is 0 Å². The van der Waals surface area contributed by atoms with Gasteiger partial charge in [-0.3, -0.25) is 0 Å². The van der Waals surface area contributed by atoms with E-state index in [0.29, 0.717) is 12.0 Å². The second-order valence-corrected chi connectivity index (χ2v) is 3.95. The molecule has 0 atom stereocenters. The maximum absolute atomic E-state index is 10.9. The molecule has 0 aromatic carbocycles. The van der Waals surface area contributed by atoms with Gasteiger partial charge in [0.1, 0.15) is 0 Å². The molecular formula is C7H12O4S. The lowest BCUT2D eigenvalue weighted by Crippen LogP contribution is -2.11. The Morgan fingerprint density at radius 3 is 2.33 bits per heavy atom. The molecule has 0 fully saturated rings. The molecule has 0 aliphatic carbocycles. The van der Waals surface area contributed by atoms with E-state index in [2.05, 4.69) is 4.18 Å². The van der Waals surface area contributed by atoms with E-state index in [1.54, 1.807) is 6.08 Å². The summed E-state index contributed by atoms with van der Waals surface area (Å²) in [5, 5.41) is 0. The Morgan fingerprint density at radius 1 is 1.50 bits per heavy atom. The van der Waals surface area contributed by atoms with Crippen molar-refractivity contribution >= 4 is 16.1 Å². The minimum Gasteiger partial charge on any atom is -0.342 e. The van der Waals surface area contributed by atoms with Crippen LogP contribution in [0.4, 0.5) is 0 Å². The maximum Gasteiger partial charge on any atom is 0.349 e. The fourth-order valence-corrected chi connectivity index (χ4v) is 0.999. The monoisotopic (exact) mass is 192 g/mol. The molecular weight excluding hydrogens is 180 g/mol. The summed E-state index contributed by atoms with van der Waals surface area (Å²) in [5.41, 5.74) is 0.308. The molecule has 0 aromatic heterocycles. The summed E-state index contributed by atoms with van der Waals surface area (Å²) < 4.78 is 25.1. The highest BCUT2D eigenvalue weighted by molar-refractivity contribution is 7.86. The first-order valence-corrected chi connectivity index (χ1v) is 5.29. The van der Waals surface area contributed by atoms with Gasteiger partial charge in [-0.2, -0.15) is 8.42 Å². The summed E-state index contributed by atoms with van der Waals surface area (Å²) in [6.07, 6.45) is 3.11. The Hall–Kier alpha value is -0.840. The third-order valence-electron chi connectivity index (χ3n) is 1.06. The molecule has 0 heterocycles. The second kappa shape index (κ2) is 4.25. The van der Waals surface area contributed by atoms with Gasteiger partial charge in [-0.05, 0) is 13.3 Å². The van der Waals surface area contributed by atoms with E-state index in [-0.39, 0.29) is 0 Å². The van der Waals surface area contributed by atoms with Crippen LogP contribution in [0.15, 0.2) is 11.6 Å². The number of rotatable bonds is 3. The van der Waals surface area contributed by atoms with Crippen LogP contribution in [0.1, 0.15) is 20.3 Å². The first kappa shape index (κ1) is 11.2. The minimum absolute atomic E-state index is 0.308. The van der Waals surface area contributed by atoms with Crippen LogP contribution in [0.5, 0.6) is 0 Å². The van der Waals surface area contributed by atoms with Gasteiger partial charge in [0.25, 0.3) is 0 Å². The van der Waals surface area contributed by atoms with Crippen molar-refractivity contribution in [3.63, 3.8) is 0 Å². The van der Waals surface area contributed by atoms with Crippen LogP contribution in [0, 0.1) is 0 Å². The molecule has 0 aliphatic rings. The molecule has 0 rings (SSSR count). The smallest absolute Gasteiger partial charge is 0.342 e. The van der Waals surface area contributed by atoms with Crippen molar-refractivity contribution in [2.45, 2.75) is 20.3 Å². The van der Waals surface area contributed by atoms with Crippen LogP contribution in [0.2, 0.25) is 0 Å². The van der Waals surface area contributed by atoms with Gasteiger partial charge in [-0.25, -0.2) is 4.79 Å². The second-order valence-electron chi connectivity index (χ2n) is 2.37. The third kappa shape index (κ3) is 4.90. The van der Waals surface area contributed by atoms with Gasteiger partial charge in [-0.15, -0.1) is 0 Å². The first-order valence-electron chi connectivity index (χ1n) is 3.47. The molecule has 0 aliphatic heterocycles. The Balaban J connectivity index is 4.35. The van der Waals surface area contributed by atoms with Gasteiger partial charge in [0.05, 0.1) is 6.26 Å². The first-order chi connectivity index (χ1) is 5.37. The molecule has 0 N–H and O–H groups in total. The van der Waals surface area contributed by atoms with Crippen LogP contribution in [0.3, 0.4) is 0 Å². The Bertz CT molecular complexity index is 287. The molecule has 5 heteroatoms. The standard InChI is InChI=1S/C7H12O4S/c1-4-5-6(2)7(8)11-12(3,9)10/h5H,4H2,1-3H3. The van der Waals surface area contributed by atoms with Crippen molar-refractivity contribution in [1.82, 2.24) is 0 Å². The van der Waals surface area contributed by atoms with Crippen molar-refractivity contribution in [2.75, 3.05) is 6.26 Å². The fraction of sp³-hybridized carbons (Fsp3) is 0.571. The van der Waals surface area contributed by atoms with Gasteiger partial charge >= 0.3 is 16.1 Å². The largest absolute Gasteiger partial charge is 0.349 e. The van der Waals surface area contributed by atoms with Crippen LogP contribution in [0.25, 0.3) is 0 Å². The van der Waals surface area contributed by atoms with Crippen LogP contribution in [-0.4, -0.2) is 20.6 Å². The van der Waals surface area contributed by atoms with Gasteiger partial charge in [-0.1, -0.05) is 13.0 Å². The summed E-state index contributed by atoms with van der Waals surface area (Å²) >= 11 is 0.